The second-order valence-corrected chi connectivity index (χ2v) is 3.79. The van der Waals surface area contributed by atoms with Crippen LogP contribution in [0.25, 0.3) is 0 Å². The molecule has 0 fully saturated rings. The van der Waals surface area contributed by atoms with Crippen LogP contribution >= 0.6 is 31.9 Å². The summed E-state index contributed by atoms with van der Waals surface area (Å²) in [6.07, 6.45) is 0. The lowest BCUT2D eigenvalue weighted by atomic mass is 10.3. The van der Waals surface area contributed by atoms with Gasteiger partial charge in [0.1, 0.15) is 11.6 Å². The average molecular weight is 320 g/mol. The van der Waals surface area contributed by atoms with Crippen LogP contribution in [0.2, 0.25) is 0 Å². The first-order valence-corrected chi connectivity index (χ1v) is 4.68. The van der Waals surface area contributed by atoms with Gasteiger partial charge in [0.15, 0.2) is 0 Å². The van der Waals surface area contributed by atoms with Crippen molar-refractivity contribution in [2.75, 3.05) is 0 Å². The van der Waals surface area contributed by atoms with Crippen molar-refractivity contribution < 1.29 is 17.9 Å². The normalized spacial score (nSPS) is 10.6. The highest BCUT2D eigenvalue weighted by atomic mass is 79.9. The smallest absolute Gasteiger partial charge is 0.387 e. The van der Waals surface area contributed by atoms with Crippen LogP contribution in [0.4, 0.5) is 13.2 Å². The van der Waals surface area contributed by atoms with Gasteiger partial charge in [-0.2, -0.15) is 8.78 Å². The molecular weight excluding hydrogens is 317 g/mol. The molecule has 0 saturated carbocycles. The first kappa shape index (κ1) is 10.8. The van der Waals surface area contributed by atoms with Crippen molar-refractivity contribution in [1.82, 2.24) is 0 Å². The standard InChI is InChI=1S/C7H3Br2F3O/c8-3-1-4(10)6(9)5(2-3)13-7(11)12/h1-2,7H. The van der Waals surface area contributed by atoms with Crippen molar-refractivity contribution in [2.24, 2.45) is 0 Å². The quantitative estimate of drug-likeness (QED) is 0.750. The monoisotopic (exact) mass is 318 g/mol. The highest BCUT2D eigenvalue weighted by Crippen LogP contribution is 2.32. The van der Waals surface area contributed by atoms with Crippen LogP contribution in [-0.4, -0.2) is 6.61 Å². The Hall–Kier alpha value is -0.230. The van der Waals surface area contributed by atoms with Crippen molar-refractivity contribution in [3.05, 3.63) is 26.9 Å². The summed E-state index contributed by atoms with van der Waals surface area (Å²) in [6.45, 7) is -2.97. The molecule has 0 amide bonds. The minimum Gasteiger partial charge on any atom is -0.433 e. The van der Waals surface area contributed by atoms with Gasteiger partial charge in [0.2, 0.25) is 0 Å². The molecule has 0 N–H and O–H groups in total. The average Bonchev–Trinajstić information content (AvgIpc) is 1.98. The molecule has 0 aliphatic heterocycles. The zero-order chi connectivity index (χ0) is 10.0. The van der Waals surface area contributed by atoms with Gasteiger partial charge in [-0.15, -0.1) is 0 Å². The van der Waals surface area contributed by atoms with Crippen LogP contribution in [0.1, 0.15) is 0 Å². The van der Waals surface area contributed by atoms with Gasteiger partial charge in [-0.3, -0.25) is 0 Å². The summed E-state index contributed by atoms with van der Waals surface area (Å²) >= 11 is 5.74. The van der Waals surface area contributed by atoms with Crippen molar-refractivity contribution in [2.45, 2.75) is 6.61 Å². The van der Waals surface area contributed by atoms with Gasteiger partial charge in [0.25, 0.3) is 0 Å². The van der Waals surface area contributed by atoms with E-state index in [0.29, 0.717) is 4.47 Å². The molecule has 0 unspecified atom stereocenters. The van der Waals surface area contributed by atoms with Gasteiger partial charge in [-0.1, -0.05) is 15.9 Å². The van der Waals surface area contributed by atoms with Crippen LogP contribution in [0.5, 0.6) is 5.75 Å². The molecule has 13 heavy (non-hydrogen) atoms. The predicted octanol–water partition coefficient (Wildman–Crippen LogP) is 3.95. The molecule has 1 nitrogen and oxygen atoms in total. The molecule has 0 aromatic heterocycles. The third kappa shape index (κ3) is 2.87. The van der Waals surface area contributed by atoms with E-state index in [1.807, 2.05) is 0 Å². The van der Waals surface area contributed by atoms with E-state index in [1.54, 1.807) is 0 Å². The van der Waals surface area contributed by atoms with E-state index < -0.39 is 12.4 Å². The lowest BCUT2D eigenvalue weighted by Gasteiger charge is -2.07. The van der Waals surface area contributed by atoms with Gasteiger partial charge in [-0.05, 0) is 28.1 Å². The highest BCUT2D eigenvalue weighted by molar-refractivity contribution is 9.11. The molecule has 0 radical (unpaired) electrons. The van der Waals surface area contributed by atoms with Gasteiger partial charge >= 0.3 is 6.61 Å². The summed E-state index contributed by atoms with van der Waals surface area (Å²) in [5, 5.41) is 0. The van der Waals surface area contributed by atoms with Crippen molar-refractivity contribution in [3.63, 3.8) is 0 Å². The first-order valence-electron chi connectivity index (χ1n) is 3.10. The van der Waals surface area contributed by atoms with Crippen LogP contribution < -0.4 is 4.74 Å². The fourth-order valence-corrected chi connectivity index (χ4v) is 1.45. The fraction of sp³-hybridized carbons (Fsp3) is 0.143. The number of benzene rings is 1. The second kappa shape index (κ2) is 4.32. The topological polar surface area (TPSA) is 9.23 Å². The Balaban J connectivity index is 3.05. The second-order valence-electron chi connectivity index (χ2n) is 2.08. The van der Waals surface area contributed by atoms with Crippen LogP contribution in [-0.2, 0) is 0 Å². The van der Waals surface area contributed by atoms with Gasteiger partial charge in [0, 0.05) is 4.47 Å². The van der Waals surface area contributed by atoms with Gasteiger partial charge in [-0.25, -0.2) is 4.39 Å². The Bertz CT molecular complexity index is 317. The maximum atomic E-state index is 12.9. The Morgan fingerprint density at radius 3 is 2.38 bits per heavy atom. The third-order valence-corrected chi connectivity index (χ3v) is 2.40. The Morgan fingerprint density at radius 1 is 1.23 bits per heavy atom. The van der Waals surface area contributed by atoms with Crippen molar-refractivity contribution in [1.29, 1.82) is 0 Å². The largest absolute Gasteiger partial charge is 0.433 e. The third-order valence-electron chi connectivity index (χ3n) is 1.18. The Kier molecular flexibility index (Phi) is 3.61. The summed E-state index contributed by atoms with van der Waals surface area (Å²) in [5.74, 6) is -0.896. The molecule has 0 spiro atoms. The van der Waals surface area contributed by atoms with E-state index in [0.717, 1.165) is 6.07 Å². The number of hydrogen-bond donors (Lipinski definition) is 0. The zero-order valence-electron chi connectivity index (χ0n) is 6.03. The Morgan fingerprint density at radius 2 is 1.85 bits per heavy atom. The molecule has 0 bridgehead atoms. The molecule has 72 valence electrons. The maximum absolute atomic E-state index is 12.9. The van der Waals surface area contributed by atoms with E-state index in [-0.39, 0.29) is 10.2 Å². The van der Waals surface area contributed by atoms with Crippen molar-refractivity contribution >= 4 is 31.9 Å². The highest BCUT2D eigenvalue weighted by Gasteiger charge is 2.12. The summed E-state index contributed by atoms with van der Waals surface area (Å²) in [5.41, 5.74) is 0. The van der Waals surface area contributed by atoms with E-state index in [9.17, 15) is 13.2 Å². The van der Waals surface area contributed by atoms with E-state index in [2.05, 4.69) is 36.6 Å². The van der Waals surface area contributed by atoms with E-state index >= 15 is 0 Å². The zero-order valence-corrected chi connectivity index (χ0v) is 9.20. The molecule has 1 aromatic carbocycles. The number of hydrogen-bond acceptors (Lipinski definition) is 1. The number of ether oxygens (including phenoxy) is 1. The summed E-state index contributed by atoms with van der Waals surface area (Å²) in [7, 11) is 0. The number of alkyl halides is 2. The maximum Gasteiger partial charge on any atom is 0.387 e. The van der Waals surface area contributed by atoms with Crippen LogP contribution in [0.3, 0.4) is 0 Å². The number of rotatable bonds is 2. The molecule has 1 rings (SSSR count). The van der Waals surface area contributed by atoms with Gasteiger partial charge in [0.05, 0.1) is 4.47 Å². The van der Waals surface area contributed by atoms with Crippen LogP contribution in [0.15, 0.2) is 21.1 Å². The molecule has 1 aromatic rings. The SMILES string of the molecule is Fc1cc(Br)cc(OC(F)F)c1Br. The fourth-order valence-electron chi connectivity index (χ4n) is 0.714. The molecule has 0 aliphatic rings. The molecule has 6 heteroatoms. The summed E-state index contributed by atoms with van der Waals surface area (Å²) in [6, 6.07) is 2.39. The molecular formula is C7H3Br2F3O. The predicted molar refractivity (Wildman–Crippen MR) is 48.4 cm³/mol. The lowest BCUT2D eigenvalue weighted by molar-refractivity contribution is -0.0505. The van der Waals surface area contributed by atoms with E-state index in [1.165, 1.54) is 6.07 Å². The van der Waals surface area contributed by atoms with Crippen molar-refractivity contribution in [3.8, 4) is 5.75 Å². The number of halogens is 5. The Labute approximate surface area is 89.1 Å². The minimum atomic E-state index is -2.97. The van der Waals surface area contributed by atoms with Gasteiger partial charge < -0.3 is 4.74 Å². The van der Waals surface area contributed by atoms with E-state index in [4.69, 9.17) is 0 Å². The van der Waals surface area contributed by atoms with Crippen LogP contribution in [0, 0.1) is 5.82 Å². The first-order chi connectivity index (χ1) is 6.00. The molecule has 0 atom stereocenters. The minimum absolute atomic E-state index is 0.115. The molecule has 0 saturated heterocycles. The summed E-state index contributed by atoms with van der Waals surface area (Å²) < 4.78 is 40.7. The lowest BCUT2D eigenvalue weighted by Crippen LogP contribution is -2.03. The molecule has 0 aliphatic carbocycles. The molecule has 0 heterocycles. The summed E-state index contributed by atoms with van der Waals surface area (Å²) in [4.78, 5) is 0.